The van der Waals surface area contributed by atoms with Gasteiger partial charge in [-0.25, -0.2) is 4.79 Å². The minimum atomic E-state index is -4.66. The van der Waals surface area contributed by atoms with Gasteiger partial charge in [-0.05, 0) is 42.5 Å². The first kappa shape index (κ1) is 22.7. The largest absolute Gasteiger partial charge is 0.457 e. The van der Waals surface area contributed by atoms with Crippen LogP contribution in [0.1, 0.15) is 16.1 Å². The van der Waals surface area contributed by atoms with Crippen LogP contribution in [0.5, 0.6) is 11.5 Å². The van der Waals surface area contributed by atoms with E-state index in [0.717, 1.165) is 12.1 Å². The second-order valence-corrected chi connectivity index (χ2v) is 6.76. The van der Waals surface area contributed by atoms with Crippen molar-refractivity contribution in [2.45, 2.75) is 6.18 Å². The van der Waals surface area contributed by atoms with Gasteiger partial charge in [-0.15, -0.1) is 0 Å². The summed E-state index contributed by atoms with van der Waals surface area (Å²) in [5, 5.41) is 13.8. The van der Waals surface area contributed by atoms with Crippen LogP contribution in [-0.4, -0.2) is 17.1 Å². The number of benzene rings is 2. The highest BCUT2D eigenvalue weighted by atomic mass is 35.5. The van der Waals surface area contributed by atoms with Crippen LogP contribution in [0.25, 0.3) is 0 Å². The van der Waals surface area contributed by atoms with E-state index in [9.17, 15) is 28.0 Å². The van der Waals surface area contributed by atoms with E-state index in [-0.39, 0.29) is 17.1 Å². The van der Waals surface area contributed by atoms with Crippen LogP contribution in [0.4, 0.5) is 29.3 Å². The minimum absolute atomic E-state index is 0.0883. The fourth-order valence-electron chi connectivity index (χ4n) is 2.58. The monoisotopic (exact) mass is 467 g/mol. The Morgan fingerprint density at radius 2 is 1.59 bits per heavy atom. The first-order valence-electron chi connectivity index (χ1n) is 8.80. The maximum Gasteiger partial charge on any atom is 0.417 e. The molecule has 0 fully saturated rings. The topological polar surface area (TPSA) is 118 Å². The number of alkyl halides is 3. The van der Waals surface area contributed by atoms with Gasteiger partial charge in [-0.2, -0.15) is 13.2 Å². The number of amides is 3. The third kappa shape index (κ3) is 5.58. The van der Waals surface area contributed by atoms with Crippen LogP contribution in [0.3, 0.4) is 0 Å². The Balaban J connectivity index is 1.64. The number of anilines is 2. The maximum atomic E-state index is 12.9. The van der Waals surface area contributed by atoms with Gasteiger partial charge in [0.05, 0.1) is 16.7 Å². The summed E-state index contributed by atoms with van der Waals surface area (Å²) < 4.78 is 44.9. The molecule has 1 heterocycles. The second kappa shape index (κ2) is 9.02. The average Bonchev–Trinajstić information content (AvgIpc) is 2.71. The molecule has 0 saturated heterocycles. The molecule has 0 atom stereocenters. The Hall–Kier alpha value is -3.99. The molecule has 0 unspecified atom stereocenters. The van der Waals surface area contributed by atoms with Crippen molar-refractivity contribution in [3.8, 4) is 11.5 Å². The van der Waals surface area contributed by atoms with Gasteiger partial charge >= 0.3 is 23.8 Å². The molecule has 0 bridgehead atoms. The number of nitrogens with two attached hydrogens (primary N) is 1. The van der Waals surface area contributed by atoms with E-state index < -0.39 is 28.7 Å². The molecular weight excluding hydrogens is 453 g/mol. The van der Waals surface area contributed by atoms with E-state index in [2.05, 4.69) is 10.6 Å². The molecule has 12 heteroatoms. The lowest BCUT2D eigenvalue weighted by Crippen LogP contribution is -2.39. The van der Waals surface area contributed by atoms with Gasteiger partial charge in [-0.3, -0.25) is 10.0 Å². The van der Waals surface area contributed by atoms with Crippen molar-refractivity contribution in [2.24, 2.45) is 5.73 Å². The van der Waals surface area contributed by atoms with Gasteiger partial charge in [0.15, 0.2) is 0 Å². The molecule has 0 spiro atoms. The van der Waals surface area contributed by atoms with E-state index in [0.29, 0.717) is 16.2 Å². The van der Waals surface area contributed by atoms with Gasteiger partial charge in [0.25, 0.3) is 0 Å². The number of carbonyl (C=O) groups is 2. The molecule has 5 N–H and O–H groups in total. The van der Waals surface area contributed by atoms with Crippen molar-refractivity contribution in [3.05, 3.63) is 77.1 Å². The number of aromatic nitrogens is 1. The molecule has 0 aliphatic rings. The molecule has 0 aliphatic carbocycles. The summed E-state index contributed by atoms with van der Waals surface area (Å²) in [6.07, 6.45) is -3.48. The predicted octanol–water partition coefficient (Wildman–Crippen LogP) is 4.42. The van der Waals surface area contributed by atoms with Crippen LogP contribution in [-0.2, 0) is 6.18 Å². The zero-order valence-corrected chi connectivity index (χ0v) is 16.7. The van der Waals surface area contributed by atoms with Crippen LogP contribution in [0.2, 0.25) is 5.02 Å². The summed E-state index contributed by atoms with van der Waals surface area (Å²) in [5.41, 5.74) is 4.14. The third-order valence-electron chi connectivity index (χ3n) is 4.04. The summed E-state index contributed by atoms with van der Waals surface area (Å²) in [6.45, 7) is 0. The first-order chi connectivity index (χ1) is 15.0. The normalized spacial score (nSPS) is 11.0. The van der Waals surface area contributed by atoms with Crippen molar-refractivity contribution in [2.75, 3.05) is 10.6 Å². The fourth-order valence-corrected chi connectivity index (χ4v) is 2.80. The molecule has 0 aliphatic heterocycles. The number of primary amides is 1. The maximum absolute atomic E-state index is 12.9. The van der Waals surface area contributed by atoms with Crippen molar-refractivity contribution >= 4 is 34.9 Å². The zero-order valence-electron chi connectivity index (χ0n) is 16.0. The molecule has 2 aromatic carbocycles. The second-order valence-electron chi connectivity index (χ2n) is 6.35. The Morgan fingerprint density at radius 1 is 0.969 bits per heavy atom. The van der Waals surface area contributed by atoms with Crippen LogP contribution in [0.15, 0.2) is 60.8 Å². The quantitative estimate of drug-likeness (QED) is 0.328. The molecule has 8 nitrogen and oxygen atoms in total. The number of ether oxygens (including phenoxy) is 1. The molecule has 1 aromatic heterocycles. The van der Waals surface area contributed by atoms with Crippen molar-refractivity contribution in [3.63, 3.8) is 0 Å². The Kier molecular flexibility index (Phi) is 6.40. The molecule has 166 valence electrons. The highest BCUT2D eigenvalue weighted by Gasteiger charge is 2.33. The molecule has 0 radical (unpaired) electrons. The third-order valence-corrected chi connectivity index (χ3v) is 4.37. The van der Waals surface area contributed by atoms with Crippen molar-refractivity contribution < 1.29 is 37.4 Å². The van der Waals surface area contributed by atoms with Crippen molar-refractivity contribution in [1.82, 2.24) is 0 Å². The molecule has 3 amide bonds. The summed E-state index contributed by atoms with van der Waals surface area (Å²) in [4.78, 5) is 23.4. The minimum Gasteiger partial charge on any atom is -0.457 e. The lowest BCUT2D eigenvalue weighted by Gasteiger charge is -2.12. The number of nitrogens with one attached hydrogen (secondary N) is 2. The number of hydrogen-bond acceptors (Lipinski definition) is 4. The number of halogens is 4. The molecule has 3 rings (SSSR count). The van der Waals surface area contributed by atoms with E-state index in [1.54, 1.807) is 0 Å². The van der Waals surface area contributed by atoms with Crippen LogP contribution < -0.4 is 25.8 Å². The molecule has 3 aromatic rings. The van der Waals surface area contributed by atoms with Crippen LogP contribution in [0, 0.1) is 0 Å². The first-order valence-corrected chi connectivity index (χ1v) is 9.18. The number of hydrogen-bond donors (Lipinski definition) is 4. The van der Waals surface area contributed by atoms with E-state index >= 15 is 0 Å². The van der Waals surface area contributed by atoms with E-state index in [4.69, 9.17) is 22.1 Å². The lowest BCUT2D eigenvalue weighted by molar-refractivity contribution is -0.905. The van der Waals surface area contributed by atoms with Gasteiger partial charge < -0.3 is 21.1 Å². The number of rotatable bonds is 5. The summed E-state index contributed by atoms with van der Waals surface area (Å²) in [6, 6.07) is 10.9. The van der Waals surface area contributed by atoms with Gasteiger partial charge in [0, 0.05) is 22.2 Å². The van der Waals surface area contributed by atoms with Gasteiger partial charge in [0.2, 0.25) is 6.20 Å². The zero-order chi connectivity index (χ0) is 23.5. The van der Waals surface area contributed by atoms with Crippen LogP contribution >= 0.6 is 11.6 Å². The molecule has 32 heavy (non-hydrogen) atoms. The average molecular weight is 468 g/mol. The molecule has 0 saturated carbocycles. The standard InChI is InChI=1S/C20H14ClF3N4O4/c21-16-6-3-12(9-15(16)20(22,23)24)27-19(30)26-11-1-4-13(5-2-11)32-14-7-8-28(31)17(10-14)18(25)29/h1-10H,(H4-,25,26,27,29,30,31)/p+1. The SMILES string of the molecule is NC(=O)c1cc(Oc2ccc(NC(=O)Nc3ccc(Cl)c(C(F)(F)F)c3)cc2)cc[n+]1O. The Morgan fingerprint density at radius 3 is 2.22 bits per heavy atom. The highest BCUT2D eigenvalue weighted by Crippen LogP contribution is 2.36. The summed E-state index contributed by atoms with van der Waals surface area (Å²) in [5.74, 6) is -0.285. The predicted molar refractivity (Wildman–Crippen MR) is 108 cm³/mol. The summed E-state index contributed by atoms with van der Waals surface area (Å²) >= 11 is 5.56. The van der Waals surface area contributed by atoms with E-state index in [1.807, 2.05) is 0 Å². The number of nitrogens with zero attached hydrogens (tertiary/aromatic N) is 1. The van der Waals surface area contributed by atoms with Gasteiger partial charge in [-0.1, -0.05) is 11.6 Å². The lowest BCUT2D eigenvalue weighted by atomic mass is 10.2. The highest BCUT2D eigenvalue weighted by molar-refractivity contribution is 6.31. The summed E-state index contributed by atoms with van der Waals surface area (Å²) in [7, 11) is 0. The Labute approximate surface area is 183 Å². The number of carbonyl (C=O) groups excluding carboxylic acids is 2. The molecular formula is C20H15ClF3N4O4+. The smallest absolute Gasteiger partial charge is 0.417 e. The number of pyridine rings is 1. The Bertz CT molecular complexity index is 1170. The van der Waals surface area contributed by atoms with Gasteiger partial charge in [0.1, 0.15) is 11.5 Å². The van der Waals surface area contributed by atoms with E-state index in [1.165, 1.54) is 48.7 Å². The fraction of sp³-hybridized carbons (Fsp3) is 0.0500. The van der Waals surface area contributed by atoms with Crippen molar-refractivity contribution in [1.29, 1.82) is 0 Å². The number of urea groups is 1.